The highest BCUT2D eigenvalue weighted by Crippen LogP contribution is 2.12. The van der Waals surface area contributed by atoms with Crippen molar-refractivity contribution in [1.29, 1.82) is 0 Å². The van der Waals surface area contributed by atoms with Gasteiger partial charge in [0.2, 0.25) is 0 Å². The molecule has 29 heavy (non-hydrogen) atoms. The zero-order valence-electron chi connectivity index (χ0n) is 15.6. The van der Waals surface area contributed by atoms with Gasteiger partial charge in [0, 0.05) is 19.3 Å². The molecule has 0 spiro atoms. The molecule has 0 radical (unpaired) electrons. The third-order valence-electron chi connectivity index (χ3n) is 4.70. The molecule has 2 aromatic heterocycles. The second kappa shape index (κ2) is 8.10. The number of amides is 1. The Bertz CT molecular complexity index is 1210. The van der Waals surface area contributed by atoms with Crippen LogP contribution in [0.15, 0.2) is 77.7 Å². The highest BCUT2D eigenvalue weighted by Gasteiger charge is 2.15. The summed E-state index contributed by atoms with van der Waals surface area (Å²) < 4.78 is 16.9. The normalized spacial score (nSPS) is 10.9. The fourth-order valence-electron chi connectivity index (χ4n) is 3.29. The zero-order valence-corrected chi connectivity index (χ0v) is 15.6. The summed E-state index contributed by atoms with van der Waals surface area (Å²) in [7, 11) is 0. The monoisotopic (exact) mass is 390 g/mol. The smallest absolute Gasteiger partial charge is 0.330 e. The molecule has 0 aliphatic carbocycles. The van der Waals surface area contributed by atoms with Crippen molar-refractivity contribution in [3.63, 3.8) is 0 Å². The molecule has 4 aromatic rings. The molecule has 1 N–H and O–H groups in total. The number of fused-ring (bicyclic) bond motifs is 1. The molecule has 2 heterocycles. The highest BCUT2D eigenvalue weighted by atomic mass is 19.1. The van der Waals surface area contributed by atoms with Crippen molar-refractivity contribution in [2.75, 3.05) is 6.54 Å². The second-order valence-electron chi connectivity index (χ2n) is 6.59. The van der Waals surface area contributed by atoms with Crippen molar-refractivity contribution in [1.82, 2.24) is 19.4 Å². The van der Waals surface area contributed by atoms with Crippen LogP contribution in [0, 0.1) is 5.82 Å². The molecule has 7 heteroatoms. The first-order chi connectivity index (χ1) is 14.1. The lowest BCUT2D eigenvalue weighted by Crippen LogP contribution is -2.32. The molecule has 146 valence electrons. The predicted molar refractivity (Wildman–Crippen MR) is 108 cm³/mol. The van der Waals surface area contributed by atoms with Gasteiger partial charge >= 0.3 is 5.69 Å². The average molecular weight is 390 g/mol. The fraction of sp³-hybridized carbons (Fsp3) is 0.136. The third-order valence-corrected chi connectivity index (χ3v) is 4.70. The summed E-state index contributed by atoms with van der Waals surface area (Å²) in [6, 6.07) is 19.1. The summed E-state index contributed by atoms with van der Waals surface area (Å²) >= 11 is 0. The average Bonchev–Trinajstić information content (AvgIpc) is 3.01. The number of pyridine rings is 1. The van der Waals surface area contributed by atoms with Crippen molar-refractivity contribution in [3.05, 3.63) is 100 Å². The van der Waals surface area contributed by atoms with Crippen LogP contribution >= 0.6 is 0 Å². The molecule has 0 aliphatic heterocycles. The molecular weight excluding hydrogens is 371 g/mol. The van der Waals surface area contributed by atoms with Crippen molar-refractivity contribution in [2.45, 2.75) is 13.1 Å². The van der Waals surface area contributed by atoms with Gasteiger partial charge in [-0.2, -0.15) is 0 Å². The van der Waals surface area contributed by atoms with Gasteiger partial charge in [0.25, 0.3) is 5.91 Å². The summed E-state index contributed by atoms with van der Waals surface area (Å²) in [6.45, 7) is 0.832. The molecule has 0 bridgehead atoms. The minimum absolute atomic E-state index is 0.0236. The second-order valence-corrected chi connectivity index (χ2v) is 6.59. The van der Waals surface area contributed by atoms with E-state index in [4.69, 9.17) is 0 Å². The van der Waals surface area contributed by atoms with E-state index in [1.807, 2.05) is 36.4 Å². The van der Waals surface area contributed by atoms with E-state index in [1.165, 1.54) is 22.8 Å². The number of imidazole rings is 1. The van der Waals surface area contributed by atoms with Crippen molar-refractivity contribution >= 4 is 17.1 Å². The van der Waals surface area contributed by atoms with Gasteiger partial charge in [0.15, 0.2) is 5.65 Å². The van der Waals surface area contributed by atoms with Crippen molar-refractivity contribution in [2.24, 2.45) is 0 Å². The number of hydrogen-bond acceptors (Lipinski definition) is 3. The molecule has 0 aliphatic rings. The quantitative estimate of drug-likeness (QED) is 0.550. The molecule has 0 saturated carbocycles. The van der Waals surface area contributed by atoms with E-state index in [1.54, 1.807) is 22.9 Å². The van der Waals surface area contributed by atoms with Crippen LogP contribution in [-0.4, -0.2) is 26.6 Å². The van der Waals surface area contributed by atoms with E-state index in [0.29, 0.717) is 12.2 Å². The van der Waals surface area contributed by atoms with E-state index >= 15 is 0 Å². The highest BCUT2D eigenvalue weighted by molar-refractivity contribution is 5.94. The first kappa shape index (κ1) is 18.6. The van der Waals surface area contributed by atoms with Gasteiger partial charge < -0.3 is 5.32 Å². The summed E-state index contributed by atoms with van der Waals surface area (Å²) in [5, 5.41) is 2.66. The summed E-state index contributed by atoms with van der Waals surface area (Å²) in [6.07, 6.45) is 1.63. The largest absolute Gasteiger partial charge is 0.350 e. The predicted octanol–water partition coefficient (Wildman–Crippen LogP) is 2.82. The first-order valence-electron chi connectivity index (χ1n) is 9.26. The Morgan fingerprint density at radius 1 is 0.966 bits per heavy atom. The minimum Gasteiger partial charge on any atom is -0.350 e. The maximum Gasteiger partial charge on any atom is 0.330 e. The Balaban J connectivity index is 1.56. The van der Waals surface area contributed by atoms with Crippen LogP contribution in [0.5, 0.6) is 0 Å². The number of rotatable bonds is 6. The topological polar surface area (TPSA) is 68.9 Å². The van der Waals surface area contributed by atoms with Gasteiger partial charge in [-0.05, 0) is 29.8 Å². The van der Waals surface area contributed by atoms with Gasteiger partial charge in [-0.15, -0.1) is 0 Å². The van der Waals surface area contributed by atoms with E-state index in [-0.39, 0.29) is 24.3 Å². The number of benzene rings is 2. The molecule has 2 aromatic carbocycles. The lowest BCUT2D eigenvalue weighted by Gasteiger charge is -2.07. The number of nitrogens with one attached hydrogen (secondary N) is 1. The van der Waals surface area contributed by atoms with Crippen LogP contribution in [-0.2, 0) is 13.1 Å². The number of aromatic nitrogens is 3. The number of halogens is 1. The Morgan fingerprint density at radius 2 is 1.72 bits per heavy atom. The number of carbonyl (C=O) groups excluding carboxylic acids is 1. The maximum atomic E-state index is 13.7. The lowest BCUT2D eigenvalue weighted by molar-refractivity contribution is 0.0948. The molecule has 0 unspecified atom stereocenters. The number of nitrogens with zero attached hydrogens (tertiary/aromatic N) is 3. The fourth-order valence-corrected chi connectivity index (χ4v) is 3.29. The van der Waals surface area contributed by atoms with Crippen LogP contribution in [0.25, 0.3) is 11.2 Å². The van der Waals surface area contributed by atoms with Crippen LogP contribution in [0.1, 0.15) is 15.9 Å². The van der Waals surface area contributed by atoms with Gasteiger partial charge in [0.05, 0.1) is 17.6 Å². The Hall–Kier alpha value is -3.74. The van der Waals surface area contributed by atoms with Gasteiger partial charge in [0.1, 0.15) is 5.82 Å². The van der Waals surface area contributed by atoms with Crippen LogP contribution in [0.3, 0.4) is 0 Å². The summed E-state index contributed by atoms with van der Waals surface area (Å²) in [5.74, 6) is -1.10. The Labute approximate surface area is 166 Å². The molecule has 0 fully saturated rings. The van der Waals surface area contributed by atoms with Crippen molar-refractivity contribution in [3.8, 4) is 0 Å². The molecular formula is C22H19FN4O2. The van der Waals surface area contributed by atoms with Gasteiger partial charge in [-0.3, -0.25) is 13.9 Å². The van der Waals surface area contributed by atoms with E-state index < -0.39 is 11.7 Å². The third kappa shape index (κ3) is 3.80. The van der Waals surface area contributed by atoms with Crippen LogP contribution < -0.4 is 11.0 Å². The molecule has 0 atom stereocenters. The molecule has 0 saturated heterocycles. The van der Waals surface area contributed by atoms with Crippen molar-refractivity contribution < 1.29 is 9.18 Å². The van der Waals surface area contributed by atoms with E-state index in [0.717, 1.165) is 11.1 Å². The molecule has 1 amide bonds. The lowest BCUT2D eigenvalue weighted by atomic mass is 10.2. The van der Waals surface area contributed by atoms with E-state index in [9.17, 15) is 14.0 Å². The molecule has 6 nitrogen and oxygen atoms in total. The van der Waals surface area contributed by atoms with E-state index in [2.05, 4.69) is 10.3 Å². The standard InChI is InChI=1S/C22H19FN4O2/c23-18-10-5-4-9-17(18)21(28)25-13-14-26-20-19(11-6-12-24-20)27(22(26)29)15-16-7-2-1-3-8-16/h1-12H,13-15H2,(H,25,28). The summed E-state index contributed by atoms with van der Waals surface area (Å²) in [5.41, 5.74) is 2.05. The van der Waals surface area contributed by atoms with Gasteiger partial charge in [-0.25, -0.2) is 14.2 Å². The summed E-state index contributed by atoms with van der Waals surface area (Å²) in [4.78, 5) is 29.5. The Kier molecular flexibility index (Phi) is 5.20. The van der Waals surface area contributed by atoms with Crippen LogP contribution in [0.2, 0.25) is 0 Å². The van der Waals surface area contributed by atoms with Crippen LogP contribution in [0.4, 0.5) is 4.39 Å². The Morgan fingerprint density at radius 3 is 2.52 bits per heavy atom. The first-order valence-corrected chi connectivity index (χ1v) is 9.26. The number of carbonyl (C=O) groups is 1. The number of hydrogen-bond donors (Lipinski definition) is 1. The SMILES string of the molecule is O=C(NCCn1c(=O)n(Cc2ccccc2)c2cccnc21)c1ccccc1F. The van der Waals surface area contributed by atoms with Gasteiger partial charge in [-0.1, -0.05) is 42.5 Å². The zero-order chi connectivity index (χ0) is 20.2. The molecule has 4 rings (SSSR count). The minimum atomic E-state index is -0.580. The maximum absolute atomic E-state index is 13.7.